The van der Waals surface area contributed by atoms with Crippen LogP contribution < -0.4 is 23.7 Å². The van der Waals surface area contributed by atoms with Crippen molar-refractivity contribution in [2.24, 2.45) is 11.8 Å². The molecule has 0 radical (unpaired) electrons. The van der Waals surface area contributed by atoms with E-state index in [2.05, 4.69) is 24.9 Å². The Kier molecular flexibility index (Phi) is 9.59. The van der Waals surface area contributed by atoms with Gasteiger partial charge in [0.25, 0.3) is 0 Å². The van der Waals surface area contributed by atoms with E-state index in [0.29, 0.717) is 41.4 Å². The summed E-state index contributed by atoms with van der Waals surface area (Å²) in [5, 5.41) is 10.9. The van der Waals surface area contributed by atoms with Crippen molar-refractivity contribution >= 4 is 5.82 Å². The highest BCUT2D eigenvalue weighted by Gasteiger charge is 2.21. The molecule has 2 aromatic carbocycles. The summed E-state index contributed by atoms with van der Waals surface area (Å²) in [6.45, 7) is 5.10. The maximum atomic E-state index is 10.9. The Balaban J connectivity index is 1.71. The molecular formula is C27H35N3O7. The smallest absolute Gasteiger partial charge is 0.381 e. The van der Waals surface area contributed by atoms with Gasteiger partial charge in [-0.3, -0.25) is 0 Å². The lowest BCUT2D eigenvalue weighted by molar-refractivity contribution is -0.389. The topological polar surface area (TPSA) is 107 Å². The van der Waals surface area contributed by atoms with Gasteiger partial charge < -0.3 is 38.4 Å². The standard InChI is InChI=1S/C27H35N3O7/c1-18(13-20-7-9-22(33-3)24(15-20)35-5)19(2)14-21-8-10-23(34-4)27(26(21)36-6)37-12-11-29-16-25(28-17-29)30(31)32/h7-10,15-19H,11-14H2,1-6H3/t18-,19+/m1/s1. The summed E-state index contributed by atoms with van der Waals surface area (Å²) in [6.07, 6.45) is 4.45. The molecule has 1 heterocycles. The van der Waals surface area contributed by atoms with Gasteiger partial charge in [-0.1, -0.05) is 26.0 Å². The first kappa shape index (κ1) is 27.6. The summed E-state index contributed by atoms with van der Waals surface area (Å²) in [7, 11) is 6.46. The number of imidazole rings is 1. The van der Waals surface area contributed by atoms with Gasteiger partial charge in [-0.25, -0.2) is 0 Å². The lowest BCUT2D eigenvalue weighted by Gasteiger charge is -2.23. The predicted octanol–water partition coefficient (Wildman–Crippen LogP) is 4.96. The zero-order valence-electron chi connectivity index (χ0n) is 22.2. The number of nitrogens with zero attached hydrogens (tertiary/aromatic N) is 3. The molecule has 0 spiro atoms. The molecule has 0 aliphatic carbocycles. The van der Waals surface area contributed by atoms with Crippen LogP contribution >= 0.6 is 0 Å². The van der Waals surface area contributed by atoms with Gasteiger partial charge >= 0.3 is 5.82 Å². The molecule has 10 heteroatoms. The van der Waals surface area contributed by atoms with Crippen molar-refractivity contribution in [2.45, 2.75) is 33.2 Å². The summed E-state index contributed by atoms with van der Waals surface area (Å²) >= 11 is 0. The zero-order chi connectivity index (χ0) is 26.9. The van der Waals surface area contributed by atoms with Crippen LogP contribution in [0.15, 0.2) is 42.9 Å². The fourth-order valence-corrected chi connectivity index (χ4v) is 4.21. The van der Waals surface area contributed by atoms with Crippen LogP contribution in [0.3, 0.4) is 0 Å². The molecule has 0 aliphatic heterocycles. The Morgan fingerprint density at radius 3 is 2.19 bits per heavy atom. The lowest BCUT2D eigenvalue weighted by atomic mass is 9.85. The van der Waals surface area contributed by atoms with Crippen LogP contribution in [0.25, 0.3) is 0 Å². The van der Waals surface area contributed by atoms with Crippen molar-refractivity contribution in [1.29, 1.82) is 0 Å². The first-order valence-corrected chi connectivity index (χ1v) is 12.0. The molecule has 1 aromatic heterocycles. The molecule has 0 fully saturated rings. The van der Waals surface area contributed by atoms with Crippen molar-refractivity contribution in [3.8, 4) is 28.7 Å². The molecule has 10 nitrogen and oxygen atoms in total. The molecule has 0 N–H and O–H groups in total. The number of hydrogen-bond donors (Lipinski definition) is 0. The maximum absolute atomic E-state index is 10.9. The van der Waals surface area contributed by atoms with Gasteiger partial charge in [-0.05, 0) is 63.9 Å². The number of aromatic nitrogens is 2. The van der Waals surface area contributed by atoms with E-state index in [9.17, 15) is 10.1 Å². The molecule has 3 rings (SSSR count). The van der Waals surface area contributed by atoms with E-state index in [1.54, 1.807) is 33.0 Å². The second-order valence-electron chi connectivity index (χ2n) is 8.92. The summed E-state index contributed by atoms with van der Waals surface area (Å²) in [4.78, 5) is 14.1. The van der Waals surface area contributed by atoms with E-state index in [0.717, 1.165) is 24.2 Å². The van der Waals surface area contributed by atoms with Crippen LogP contribution in [0, 0.1) is 22.0 Å². The molecule has 2 atom stereocenters. The van der Waals surface area contributed by atoms with Crippen LogP contribution in [-0.4, -0.2) is 49.5 Å². The van der Waals surface area contributed by atoms with Crippen LogP contribution in [0.1, 0.15) is 25.0 Å². The molecular weight excluding hydrogens is 478 g/mol. The predicted molar refractivity (Wildman–Crippen MR) is 139 cm³/mol. The highest BCUT2D eigenvalue weighted by Crippen LogP contribution is 2.41. The normalized spacial score (nSPS) is 12.5. The summed E-state index contributed by atoms with van der Waals surface area (Å²) in [5.74, 6) is 3.66. The Morgan fingerprint density at radius 1 is 0.892 bits per heavy atom. The Labute approximate surface area is 217 Å². The first-order chi connectivity index (χ1) is 17.8. The Morgan fingerprint density at radius 2 is 1.57 bits per heavy atom. The summed E-state index contributed by atoms with van der Waals surface area (Å²) in [5.41, 5.74) is 2.20. The van der Waals surface area contributed by atoms with Crippen molar-refractivity contribution in [1.82, 2.24) is 9.55 Å². The molecule has 0 aliphatic rings. The highest BCUT2D eigenvalue weighted by molar-refractivity contribution is 5.56. The fraction of sp³-hybridized carbons (Fsp3) is 0.444. The zero-order valence-corrected chi connectivity index (χ0v) is 22.2. The van der Waals surface area contributed by atoms with Gasteiger partial charge in [0.15, 0.2) is 23.0 Å². The van der Waals surface area contributed by atoms with Crippen LogP contribution in [0.4, 0.5) is 5.82 Å². The Bertz CT molecular complexity index is 1190. The number of rotatable bonds is 14. The molecule has 0 amide bonds. The molecule has 3 aromatic rings. The minimum atomic E-state index is -0.528. The maximum Gasteiger partial charge on any atom is 0.381 e. The summed E-state index contributed by atoms with van der Waals surface area (Å²) < 4.78 is 29.8. The van der Waals surface area contributed by atoms with Gasteiger partial charge in [0.05, 0.1) is 35.0 Å². The van der Waals surface area contributed by atoms with Crippen LogP contribution in [0.5, 0.6) is 28.7 Å². The van der Waals surface area contributed by atoms with E-state index < -0.39 is 4.92 Å². The second kappa shape index (κ2) is 12.8. The molecule has 0 saturated carbocycles. The quantitative estimate of drug-likeness (QED) is 0.220. The minimum Gasteiger partial charge on any atom is -0.493 e. The number of methoxy groups -OCH3 is 4. The molecule has 200 valence electrons. The number of hydrogen-bond acceptors (Lipinski definition) is 8. The second-order valence-corrected chi connectivity index (χ2v) is 8.92. The van der Waals surface area contributed by atoms with E-state index in [4.69, 9.17) is 23.7 Å². The fourth-order valence-electron chi connectivity index (χ4n) is 4.21. The molecule has 0 bridgehead atoms. The van der Waals surface area contributed by atoms with Gasteiger partial charge in [-0.2, -0.15) is 0 Å². The molecule has 0 saturated heterocycles. The lowest BCUT2D eigenvalue weighted by Crippen LogP contribution is -2.15. The van der Waals surface area contributed by atoms with Crippen molar-refractivity contribution < 1.29 is 28.6 Å². The third-order valence-electron chi connectivity index (χ3n) is 6.50. The Hall–Kier alpha value is -3.95. The minimum absolute atomic E-state index is 0.201. The van der Waals surface area contributed by atoms with E-state index >= 15 is 0 Å². The average Bonchev–Trinajstić information content (AvgIpc) is 3.38. The van der Waals surface area contributed by atoms with Gasteiger partial charge in [0, 0.05) is 0 Å². The van der Waals surface area contributed by atoms with Crippen molar-refractivity contribution in [3.63, 3.8) is 0 Å². The van der Waals surface area contributed by atoms with Crippen LogP contribution in [0.2, 0.25) is 0 Å². The van der Waals surface area contributed by atoms with Crippen LogP contribution in [-0.2, 0) is 19.4 Å². The third-order valence-corrected chi connectivity index (χ3v) is 6.50. The first-order valence-electron chi connectivity index (χ1n) is 12.0. The largest absolute Gasteiger partial charge is 0.493 e. The molecule has 0 unspecified atom stereocenters. The van der Waals surface area contributed by atoms with E-state index in [1.165, 1.54) is 18.1 Å². The van der Waals surface area contributed by atoms with Gasteiger partial charge in [-0.15, -0.1) is 0 Å². The number of benzene rings is 2. The van der Waals surface area contributed by atoms with E-state index in [-0.39, 0.29) is 12.4 Å². The summed E-state index contributed by atoms with van der Waals surface area (Å²) in [6, 6.07) is 9.91. The third kappa shape index (κ3) is 6.84. The average molecular weight is 514 g/mol. The van der Waals surface area contributed by atoms with Crippen molar-refractivity contribution in [3.05, 3.63) is 64.1 Å². The van der Waals surface area contributed by atoms with Gasteiger partial charge in [0.1, 0.15) is 12.8 Å². The van der Waals surface area contributed by atoms with Crippen molar-refractivity contribution in [2.75, 3.05) is 35.0 Å². The number of nitro groups is 1. The highest BCUT2D eigenvalue weighted by atomic mass is 16.6. The van der Waals surface area contributed by atoms with E-state index in [1.807, 2.05) is 24.3 Å². The number of ether oxygens (including phenoxy) is 5. The van der Waals surface area contributed by atoms with Gasteiger partial charge in [0.2, 0.25) is 12.1 Å². The molecule has 37 heavy (non-hydrogen) atoms. The SMILES string of the molecule is COc1ccc(C[C@@H](C)[C@@H](C)Cc2ccc(OC)c(OCCn3cnc([N+](=O)[O-])c3)c2OC)cc1OC. The monoisotopic (exact) mass is 513 g/mol.